The lowest BCUT2D eigenvalue weighted by Gasteiger charge is -2.38. The first-order valence-corrected chi connectivity index (χ1v) is 7.34. The zero-order valence-electron chi connectivity index (χ0n) is 11.8. The van der Waals surface area contributed by atoms with E-state index in [1.165, 1.54) is 19.3 Å². The summed E-state index contributed by atoms with van der Waals surface area (Å²) in [7, 11) is 1.93. The van der Waals surface area contributed by atoms with Gasteiger partial charge in [0.1, 0.15) is 0 Å². The number of likely N-dealkylation sites (N-methyl/N-ethyl adjacent to an activating group) is 1. The second-order valence-electron chi connectivity index (χ2n) is 6.02. The molecule has 0 spiro atoms. The zero-order chi connectivity index (χ0) is 13.0. The summed E-state index contributed by atoms with van der Waals surface area (Å²) >= 11 is 0. The topological polar surface area (TPSA) is 44.7 Å². The molecule has 4 heteroatoms. The molecule has 18 heavy (non-hydrogen) atoms. The number of nitrogens with zero attached hydrogens (tertiary/aromatic N) is 1. The number of aliphatic hydroxyl groups is 1. The van der Waals surface area contributed by atoms with Crippen LogP contribution in [0.4, 0.5) is 0 Å². The molecule has 0 radical (unpaired) electrons. The first-order valence-electron chi connectivity index (χ1n) is 7.34. The molecule has 0 bridgehead atoms. The lowest BCUT2D eigenvalue weighted by atomic mass is 9.96. The predicted molar refractivity (Wildman–Crippen MR) is 72.7 cm³/mol. The molecular formula is C14H28N2O2. The van der Waals surface area contributed by atoms with Crippen molar-refractivity contribution in [1.82, 2.24) is 10.2 Å². The smallest absolute Gasteiger partial charge is 0.0730 e. The molecule has 4 nitrogen and oxygen atoms in total. The van der Waals surface area contributed by atoms with Crippen LogP contribution in [0.25, 0.3) is 0 Å². The van der Waals surface area contributed by atoms with Crippen molar-refractivity contribution in [3.63, 3.8) is 0 Å². The molecule has 2 rings (SSSR count). The molecule has 1 aliphatic heterocycles. The van der Waals surface area contributed by atoms with Crippen LogP contribution in [-0.2, 0) is 4.74 Å². The summed E-state index contributed by atoms with van der Waals surface area (Å²) in [5.74, 6) is 0. The van der Waals surface area contributed by atoms with E-state index in [9.17, 15) is 5.11 Å². The second kappa shape index (κ2) is 6.33. The third-order valence-electron chi connectivity index (χ3n) is 4.72. The van der Waals surface area contributed by atoms with Gasteiger partial charge in [-0.15, -0.1) is 0 Å². The Balaban J connectivity index is 1.76. The van der Waals surface area contributed by atoms with Gasteiger partial charge in [-0.3, -0.25) is 4.90 Å². The van der Waals surface area contributed by atoms with E-state index in [4.69, 9.17) is 4.74 Å². The van der Waals surface area contributed by atoms with Crippen LogP contribution in [0.3, 0.4) is 0 Å². The number of rotatable bonds is 6. The van der Waals surface area contributed by atoms with Crippen LogP contribution in [0.15, 0.2) is 0 Å². The highest BCUT2D eigenvalue weighted by Gasteiger charge is 2.35. The number of aliphatic hydroxyl groups excluding tert-OH is 1. The van der Waals surface area contributed by atoms with Gasteiger partial charge in [0.2, 0.25) is 0 Å². The minimum atomic E-state index is -0.124. The highest BCUT2D eigenvalue weighted by atomic mass is 16.5. The summed E-state index contributed by atoms with van der Waals surface area (Å²) in [4.78, 5) is 2.61. The number of hydrogen-bond donors (Lipinski definition) is 2. The molecule has 0 aromatic heterocycles. The average Bonchev–Trinajstić information content (AvgIpc) is 2.87. The predicted octanol–water partition coefficient (Wildman–Crippen LogP) is 0.990. The Morgan fingerprint density at radius 2 is 2.28 bits per heavy atom. The molecule has 106 valence electrons. The van der Waals surface area contributed by atoms with Gasteiger partial charge < -0.3 is 15.2 Å². The van der Waals surface area contributed by atoms with Crippen molar-refractivity contribution in [3.8, 4) is 0 Å². The number of fused-ring (bicyclic) bond motifs is 1. The van der Waals surface area contributed by atoms with Crippen molar-refractivity contribution in [2.24, 2.45) is 0 Å². The van der Waals surface area contributed by atoms with Crippen molar-refractivity contribution in [1.29, 1.82) is 0 Å². The highest BCUT2D eigenvalue weighted by Crippen LogP contribution is 2.29. The van der Waals surface area contributed by atoms with E-state index in [0.717, 1.165) is 32.5 Å². The van der Waals surface area contributed by atoms with E-state index >= 15 is 0 Å². The van der Waals surface area contributed by atoms with E-state index in [1.807, 2.05) is 7.05 Å². The molecule has 2 aliphatic rings. The summed E-state index contributed by atoms with van der Waals surface area (Å²) in [6.07, 6.45) is 6.51. The van der Waals surface area contributed by atoms with E-state index in [2.05, 4.69) is 17.1 Å². The maximum Gasteiger partial charge on any atom is 0.0730 e. The summed E-state index contributed by atoms with van der Waals surface area (Å²) in [6, 6.07) is 0.661. The Kier molecular flexibility index (Phi) is 5.01. The minimum absolute atomic E-state index is 0.124. The largest absolute Gasteiger partial charge is 0.394 e. The maximum absolute atomic E-state index is 9.38. The van der Waals surface area contributed by atoms with Gasteiger partial charge in [-0.05, 0) is 52.6 Å². The average molecular weight is 256 g/mol. The fraction of sp³-hybridized carbons (Fsp3) is 1.00. The molecule has 0 aromatic rings. The van der Waals surface area contributed by atoms with Gasteiger partial charge in [-0.25, -0.2) is 0 Å². The Morgan fingerprint density at radius 3 is 3.00 bits per heavy atom. The SMILES string of the molecule is CNC(C)(CO)CCCN1CCOC2CCCC21. The van der Waals surface area contributed by atoms with Crippen molar-refractivity contribution in [3.05, 3.63) is 0 Å². The summed E-state index contributed by atoms with van der Waals surface area (Å²) < 4.78 is 5.83. The van der Waals surface area contributed by atoms with Crippen LogP contribution in [-0.4, -0.2) is 61.0 Å². The standard InChI is InChI=1S/C14H28N2O2/c1-14(11-17,15-2)7-4-8-16-9-10-18-13-6-3-5-12(13)16/h12-13,15,17H,3-11H2,1-2H3. The fourth-order valence-corrected chi connectivity index (χ4v) is 3.24. The number of hydrogen-bond acceptors (Lipinski definition) is 4. The molecule has 2 N–H and O–H groups in total. The van der Waals surface area contributed by atoms with E-state index < -0.39 is 0 Å². The second-order valence-corrected chi connectivity index (χ2v) is 6.02. The summed E-state index contributed by atoms with van der Waals surface area (Å²) in [5, 5.41) is 12.6. The van der Waals surface area contributed by atoms with Crippen LogP contribution in [0.5, 0.6) is 0 Å². The van der Waals surface area contributed by atoms with Gasteiger partial charge in [-0.1, -0.05) is 0 Å². The maximum atomic E-state index is 9.38. The number of morpholine rings is 1. The quantitative estimate of drug-likeness (QED) is 0.744. The molecule has 3 unspecified atom stereocenters. The third kappa shape index (κ3) is 3.23. The molecule has 1 saturated carbocycles. The Bertz CT molecular complexity index is 256. The van der Waals surface area contributed by atoms with Gasteiger partial charge in [0.15, 0.2) is 0 Å². The van der Waals surface area contributed by atoms with E-state index in [1.54, 1.807) is 0 Å². The fourth-order valence-electron chi connectivity index (χ4n) is 3.24. The van der Waals surface area contributed by atoms with Crippen molar-refractivity contribution in [2.45, 2.75) is 56.7 Å². The van der Waals surface area contributed by atoms with Gasteiger partial charge >= 0.3 is 0 Å². The monoisotopic (exact) mass is 256 g/mol. The van der Waals surface area contributed by atoms with Crippen molar-refractivity contribution >= 4 is 0 Å². The Morgan fingerprint density at radius 1 is 1.44 bits per heavy atom. The minimum Gasteiger partial charge on any atom is -0.394 e. The van der Waals surface area contributed by atoms with Crippen molar-refractivity contribution < 1.29 is 9.84 Å². The normalized spacial score (nSPS) is 32.2. The molecule has 1 saturated heterocycles. The lowest BCUT2D eigenvalue weighted by Crippen LogP contribution is -2.49. The molecule has 3 atom stereocenters. The lowest BCUT2D eigenvalue weighted by molar-refractivity contribution is -0.0564. The van der Waals surface area contributed by atoms with E-state index in [-0.39, 0.29) is 12.1 Å². The molecule has 0 amide bonds. The van der Waals surface area contributed by atoms with Crippen LogP contribution >= 0.6 is 0 Å². The summed E-state index contributed by atoms with van der Waals surface area (Å²) in [5.41, 5.74) is -0.124. The van der Waals surface area contributed by atoms with Gasteiger partial charge in [0, 0.05) is 18.1 Å². The first-order chi connectivity index (χ1) is 8.68. The molecule has 1 heterocycles. The van der Waals surface area contributed by atoms with Gasteiger partial charge in [0.05, 0.1) is 19.3 Å². The summed E-state index contributed by atoms with van der Waals surface area (Å²) in [6.45, 7) is 5.41. The van der Waals surface area contributed by atoms with Crippen LogP contribution in [0.2, 0.25) is 0 Å². The molecular weight excluding hydrogens is 228 g/mol. The zero-order valence-corrected chi connectivity index (χ0v) is 11.8. The highest BCUT2D eigenvalue weighted by molar-refractivity contribution is 4.90. The molecule has 2 fully saturated rings. The number of nitrogens with one attached hydrogen (secondary N) is 1. The first kappa shape index (κ1) is 14.3. The Hall–Kier alpha value is -0.160. The third-order valence-corrected chi connectivity index (χ3v) is 4.72. The van der Waals surface area contributed by atoms with Crippen LogP contribution in [0, 0.1) is 0 Å². The van der Waals surface area contributed by atoms with Crippen LogP contribution in [0.1, 0.15) is 39.0 Å². The molecule has 1 aliphatic carbocycles. The van der Waals surface area contributed by atoms with Crippen LogP contribution < -0.4 is 5.32 Å². The van der Waals surface area contributed by atoms with E-state index in [0.29, 0.717) is 12.1 Å². The van der Waals surface area contributed by atoms with Gasteiger partial charge in [-0.2, -0.15) is 0 Å². The van der Waals surface area contributed by atoms with Crippen molar-refractivity contribution in [2.75, 3.05) is 33.4 Å². The van der Waals surface area contributed by atoms with Gasteiger partial charge in [0.25, 0.3) is 0 Å². The molecule has 0 aromatic carbocycles. The Labute approximate surface area is 111 Å². The number of ether oxygens (including phenoxy) is 1.